The van der Waals surface area contributed by atoms with Crippen molar-refractivity contribution in [3.8, 4) is 0 Å². The molecule has 1 aromatic heterocycles. The molecule has 1 aliphatic heterocycles. The van der Waals surface area contributed by atoms with Crippen LogP contribution in [0.4, 0.5) is 5.82 Å². The van der Waals surface area contributed by atoms with Crippen LogP contribution in [0.1, 0.15) is 37.9 Å². The van der Waals surface area contributed by atoms with E-state index >= 15 is 0 Å². The normalized spacial score (nSPS) is 22.7. The summed E-state index contributed by atoms with van der Waals surface area (Å²) in [4.78, 5) is 11.5. The summed E-state index contributed by atoms with van der Waals surface area (Å²) in [5.74, 6) is 1.19. The molecule has 98 valence electrons. The standard InChI is InChI=1S/C14H22N4/c1-14(2)9-15-7-8-18(14)13-11-5-3-4-6-12(11)16-10-17-13/h10,15H,3-9H2,1-2H3. The number of aryl methyl sites for hydroxylation is 1. The van der Waals surface area contributed by atoms with Crippen LogP contribution in [0.15, 0.2) is 6.33 Å². The Bertz CT molecular complexity index is 441. The van der Waals surface area contributed by atoms with Crippen LogP contribution in [0.3, 0.4) is 0 Å². The molecule has 1 aromatic rings. The van der Waals surface area contributed by atoms with E-state index in [2.05, 4.69) is 34.0 Å². The second kappa shape index (κ2) is 4.50. The first-order valence-corrected chi connectivity index (χ1v) is 6.99. The molecule has 1 fully saturated rings. The lowest BCUT2D eigenvalue weighted by Crippen LogP contribution is -2.58. The Morgan fingerprint density at radius 2 is 2.06 bits per heavy atom. The monoisotopic (exact) mass is 246 g/mol. The van der Waals surface area contributed by atoms with Gasteiger partial charge >= 0.3 is 0 Å². The molecule has 0 spiro atoms. The van der Waals surface area contributed by atoms with Crippen LogP contribution < -0.4 is 10.2 Å². The van der Waals surface area contributed by atoms with E-state index in [0.717, 1.165) is 32.5 Å². The molecule has 0 amide bonds. The fourth-order valence-electron chi connectivity index (χ4n) is 3.11. The van der Waals surface area contributed by atoms with Gasteiger partial charge in [0.1, 0.15) is 12.1 Å². The van der Waals surface area contributed by atoms with Gasteiger partial charge < -0.3 is 10.2 Å². The molecule has 4 heteroatoms. The number of piperazine rings is 1. The molecule has 2 heterocycles. The van der Waals surface area contributed by atoms with Crippen LogP contribution >= 0.6 is 0 Å². The smallest absolute Gasteiger partial charge is 0.135 e. The Morgan fingerprint density at radius 3 is 2.89 bits per heavy atom. The number of fused-ring (bicyclic) bond motifs is 1. The van der Waals surface area contributed by atoms with Gasteiger partial charge in [-0.15, -0.1) is 0 Å². The van der Waals surface area contributed by atoms with E-state index in [1.165, 1.54) is 29.9 Å². The molecule has 2 aliphatic rings. The van der Waals surface area contributed by atoms with Crippen LogP contribution in [0, 0.1) is 0 Å². The Hall–Kier alpha value is -1.16. The molecule has 4 nitrogen and oxygen atoms in total. The maximum absolute atomic E-state index is 4.60. The van der Waals surface area contributed by atoms with E-state index in [4.69, 9.17) is 0 Å². The van der Waals surface area contributed by atoms with Crippen molar-refractivity contribution in [3.05, 3.63) is 17.6 Å². The maximum atomic E-state index is 4.60. The molecule has 0 atom stereocenters. The summed E-state index contributed by atoms with van der Waals surface area (Å²) in [6.45, 7) is 7.68. The summed E-state index contributed by atoms with van der Waals surface area (Å²) < 4.78 is 0. The summed E-state index contributed by atoms with van der Waals surface area (Å²) >= 11 is 0. The minimum Gasteiger partial charge on any atom is -0.349 e. The van der Waals surface area contributed by atoms with Crippen molar-refractivity contribution < 1.29 is 0 Å². The average molecular weight is 246 g/mol. The van der Waals surface area contributed by atoms with Crippen molar-refractivity contribution >= 4 is 5.82 Å². The Morgan fingerprint density at radius 1 is 1.22 bits per heavy atom. The largest absolute Gasteiger partial charge is 0.349 e. The number of aromatic nitrogens is 2. The van der Waals surface area contributed by atoms with E-state index in [1.54, 1.807) is 6.33 Å². The minimum absolute atomic E-state index is 0.137. The van der Waals surface area contributed by atoms with Crippen LogP contribution in [-0.4, -0.2) is 35.1 Å². The van der Waals surface area contributed by atoms with Gasteiger partial charge in [-0.25, -0.2) is 9.97 Å². The Balaban J connectivity index is 2.00. The lowest BCUT2D eigenvalue weighted by molar-refractivity contribution is 0.376. The summed E-state index contributed by atoms with van der Waals surface area (Å²) in [6, 6.07) is 0. The third-order valence-electron chi connectivity index (χ3n) is 4.16. The van der Waals surface area contributed by atoms with E-state index < -0.39 is 0 Å². The zero-order valence-corrected chi connectivity index (χ0v) is 11.4. The summed E-state index contributed by atoms with van der Waals surface area (Å²) in [7, 11) is 0. The van der Waals surface area contributed by atoms with Gasteiger partial charge in [-0.1, -0.05) is 0 Å². The molecule has 3 rings (SSSR count). The summed E-state index contributed by atoms with van der Waals surface area (Å²) in [5.41, 5.74) is 2.82. The Labute approximate surface area is 109 Å². The number of rotatable bonds is 1. The molecule has 1 aliphatic carbocycles. The number of hydrogen-bond donors (Lipinski definition) is 1. The quantitative estimate of drug-likeness (QED) is 0.816. The van der Waals surface area contributed by atoms with Crippen molar-refractivity contribution in [2.24, 2.45) is 0 Å². The molecular formula is C14H22N4. The number of hydrogen-bond acceptors (Lipinski definition) is 4. The van der Waals surface area contributed by atoms with Gasteiger partial charge in [-0.05, 0) is 39.5 Å². The molecule has 0 saturated carbocycles. The Kier molecular flexibility index (Phi) is 2.98. The lowest BCUT2D eigenvalue weighted by atomic mass is 9.93. The predicted octanol–water partition coefficient (Wildman–Crippen LogP) is 1.54. The van der Waals surface area contributed by atoms with Crippen LogP contribution in [0.2, 0.25) is 0 Å². The zero-order valence-electron chi connectivity index (χ0n) is 11.4. The van der Waals surface area contributed by atoms with Gasteiger partial charge in [0.05, 0.1) is 0 Å². The summed E-state index contributed by atoms with van der Waals surface area (Å²) in [6.07, 6.45) is 6.56. The van der Waals surface area contributed by atoms with Crippen molar-refractivity contribution in [1.82, 2.24) is 15.3 Å². The second-order valence-electron chi connectivity index (χ2n) is 5.97. The second-order valence-corrected chi connectivity index (χ2v) is 5.97. The minimum atomic E-state index is 0.137. The average Bonchev–Trinajstić information content (AvgIpc) is 2.38. The predicted molar refractivity (Wildman–Crippen MR) is 73.0 cm³/mol. The highest BCUT2D eigenvalue weighted by Gasteiger charge is 2.32. The fraction of sp³-hybridized carbons (Fsp3) is 0.714. The van der Waals surface area contributed by atoms with Crippen LogP contribution in [-0.2, 0) is 12.8 Å². The van der Waals surface area contributed by atoms with E-state index in [0.29, 0.717) is 0 Å². The number of nitrogens with one attached hydrogen (secondary N) is 1. The van der Waals surface area contributed by atoms with Gasteiger partial charge in [0, 0.05) is 36.4 Å². The number of nitrogens with zero attached hydrogens (tertiary/aromatic N) is 3. The molecular weight excluding hydrogens is 224 g/mol. The van der Waals surface area contributed by atoms with E-state index in [1.807, 2.05) is 0 Å². The first-order valence-electron chi connectivity index (χ1n) is 6.99. The molecule has 1 N–H and O–H groups in total. The van der Waals surface area contributed by atoms with Crippen molar-refractivity contribution in [2.75, 3.05) is 24.5 Å². The van der Waals surface area contributed by atoms with Crippen LogP contribution in [0.5, 0.6) is 0 Å². The molecule has 1 saturated heterocycles. The van der Waals surface area contributed by atoms with Gasteiger partial charge in [-0.3, -0.25) is 0 Å². The topological polar surface area (TPSA) is 41.0 Å². The maximum Gasteiger partial charge on any atom is 0.135 e. The third-order valence-corrected chi connectivity index (χ3v) is 4.16. The van der Waals surface area contributed by atoms with E-state index in [9.17, 15) is 0 Å². The zero-order chi connectivity index (χ0) is 12.6. The summed E-state index contributed by atoms with van der Waals surface area (Å²) in [5, 5.41) is 3.47. The van der Waals surface area contributed by atoms with Gasteiger partial charge in [0.15, 0.2) is 0 Å². The SMILES string of the molecule is CC1(C)CNCCN1c1ncnc2c1CCCC2. The van der Waals surface area contributed by atoms with Crippen LogP contribution in [0.25, 0.3) is 0 Å². The first kappa shape index (κ1) is 11.9. The van der Waals surface area contributed by atoms with Gasteiger partial charge in [-0.2, -0.15) is 0 Å². The van der Waals surface area contributed by atoms with Gasteiger partial charge in [0.25, 0.3) is 0 Å². The highest BCUT2D eigenvalue weighted by atomic mass is 15.3. The molecule has 0 unspecified atom stereocenters. The fourth-order valence-corrected chi connectivity index (χ4v) is 3.11. The highest BCUT2D eigenvalue weighted by molar-refractivity contribution is 5.52. The van der Waals surface area contributed by atoms with Crippen molar-refractivity contribution in [2.45, 2.75) is 45.1 Å². The molecule has 0 bridgehead atoms. The lowest BCUT2D eigenvalue weighted by Gasteiger charge is -2.44. The first-order chi connectivity index (χ1) is 8.68. The molecule has 18 heavy (non-hydrogen) atoms. The van der Waals surface area contributed by atoms with Crippen molar-refractivity contribution in [1.29, 1.82) is 0 Å². The van der Waals surface area contributed by atoms with Gasteiger partial charge in [0.2, 0.25) is 0 Å². The number of anilines is 1. The van der Waals surface area contributed by atoms with Crippen molar-refractivity contribution in [3.63, 3.8) is 0 Å². The highest BCUT2D eigenvalue weighted by Crippen LogP contribution is 2.31. The van der Waals surface area contributed by atoms with E-state index in [-0.39, 0.29) is 5.54 Å². The molecule has 0 radical (unpaired) electrons. The molecule has 0 aromatic carbocycles. The third kappa shape index (κ3) is 1.99.